The third kappa shape index (κ3) is 7.83. The maximum absolute atomic E-state index is 13.6. The van der Waals surface area contributed by atoms with Crippen LogP contribution in [0.25, 0.3) is 10.4 Å². The quantitative estimate of drug-likeness (QED) is 0.0865. The van der Waals surface area contributed by atoms with Crippen LogP contribution in [0.3, 0.4) is 0 Å². The van der Waals surface area contributed by atoms with Gasteiger partial charge in [-0.2, -0.15) is 0 Å². The molecule has 1 atom stereocenters. The molecule has 0 saturated carbocycles. The molecule has 0 bridgehead atoms. The van der Waals surface area contributed by atoms with Crippen molar-refractivity contribution < 1.29 is 19.4 Å². The molecule has 3 aromatic carbocycles. The number of aryl methyl sites for hydroxylation is 1. The number of azide groups is 1. The highest BCUT2D eigenvalue weighted by Gasteiger charge is 2.45. The van der Waals surface area contributed by atoms with Gasteiger partial charge in [-0.25, -0.2) is 10.4 Å². The van der Waals surface area contributed by atoms with Crippen LogP contribution < -0.4 is 15.6 Å². The average Bonchev–Trinajstić information content (AvgIpc) is 3.43. The molecule has 3 aromatic rings. The molecule has 1 amide bonds. The Bertz CT molecular complexity index is 1330. The fraction of sp³-hybridized carbons (Fsp3) is 0.333. The Hall–Kier alpha value is -4.37. The maximum atomic E-state index is 13.6. The number of hydrazine groups is 1. The van der Waals surface area contributed by atoms with E-state index in [2.05, 4.69) is 33.0 Å². The predicted octanol–water partition coefficient (Wildman–Crippen LogP) is 4.27. The molecule has 0 radical (unpaired) electrons. The maximum Gasteiger partial charge on any atom is 0.266 e. The standard InChI is InChI=1S/C30H34N6O4/c31-36-33-21-26-12-5-4-11-25(26)20-30(29(38)35-32-17-6-10-23-8-2-1-3-9-23)22-40-28(34-30)24-13-15-27(16-14-24)39-19-7-18-37/h1-5,8-9,11-16,32,37H,6-7,10,17-22H2,(H,35,38)/t30-/m0/s1. The van der Waals surface area contributed by atoms with Crippen LogP contribution in [0.15, 0.2) is 89.0 Å². The van der Waals surface area contributed by atoms with E-state index < -0.39 is 5.54 Å². The fourth-order valence-corrected chi connectivity index (χ4v) is 4.42. The Morgan fingerprint density at radius 2 is 1.80 bits per heavy atom. The minimum absolute atomic E-state index is 0.0600. The zero-order valence-corrected chi connectivity index (χ0v) is 22.3. The molecule has 3 N–H and O–H groups in total. The second-order valence-corrected chi connectivity index (χ2v) is 9.49. The Kier molecular flexibility index (Phi) is 10.5. The Morgan fingerprint density at radius 1 is 1.05 bits per heavy atom. The summed E-state index contributed by atoms with van der Waals surface area (Å²) in [6.07, 6.45) is 2.57. The summed E-state index contributed by atoms with van der Waals surface area (Å²) in [4.78, 5) is 21.3. The topological polar surface area (TPSA) is 141 Å². The second-order valence-electron chi connectivity index (χ2n) is 9.49. The number of carbonyl (C=O) groups excluding carboxylic acids is 1. The first kappa shape index (κ1) is 28.6. The third-order valence-electron chi connectivity index (χ3n) is 6.58. The van der Waals surface area contributed by atoms with Gasteiger partial charge in [-0.1, -0.05) is 59.7 Å². The van der Waals surface area contributed by atoms with Crippen molar-refractivity contribution in [1.82, 2.24) is 10.9 Å². The van der Waals surface area contributed by atoms with Crippen LogP contribution in [-0.4, -0.2) is 48.8 Å². The van der Waals surface area contributed by atoms with Crippen LogP contribution >= 0.6 is 0 Å². The van der Waals surface area contributed by atoms with Crippen LogP contribution in [0.1, 0.15) is 35.1 Å². The van der Waals surface area contributed by atoms with Crippen molar-refractivity contribution in [2.45, 2.75) is 37.8 Å². The highest BCUT2D eigenvalue weighted by Crippen LogP contribution is 2.29. The molecule has 1 aliphatic heterocycles. The molecule has 0 aromatic heterocycles. The van der Waals surface area contributed by atoms with Crippen molar-refractivity contribution in [2.24, 2.45) is 10.1 Å². The van der Waals surface area contributed by atoms with Crippen molar-refractivity contribution in [1.29, 1.82) is 0 Å². The fourth-order valence-electron chi connectivity index (χ4n) is 4.42. The van der Waals surface area contributed by atoms with E-state index in [0.717, 1.165) is 29.5 Å². The molecule has 0 spiro atoms. The number of rotatable bonds is 15. The molecule has 4 rings (SSSR count). The Morgan fingerprint density at radius 3 is 2.55 bits per heavy atom. The van der Waals surface area contributed by atoms with Gasteiger partial charge in [-0.05, 0) is 59.3 Å². The van der Waals surface area contributed by atoms with Gasteiger partial charge in [0.2, 0.25) is 5.90 Å². The third-order valence-corrected chi connectivity index (χ3v) is 6.58. The lowest BCUT2D eigenvalue weighted by Gasteiger charge is -2.24. The van der Waals surface area contributed by atoms with E-state index >= 15 is 0 Å². The van der Waals surface area contributed by atoms with Crippen LogP contribution in [0.2, 0.25) is 0 Å². The van der Waals surface area contributed by atoms with E-state index in [9.17, 15) is 4.79 Å². The van der Waals surface area contributed by atoms with E-state index in [-0.39, 0.29) is 32.1 Å². The zero-order valence-electron chi connectivity index (χ0n) is 22.3. The van der Waals surface area contributed by atoms with Crippen molar-refractivity contribution >= 4 is 11.8 Å². The number of aliphatic hydroxyl groups is 1. The van der Waals surface area contributed by atoms with Crippen LogP contribution in [0, 0.1) is 0 Å². The Labute approximate surface area is 233 Å². The molecule has 10 nitrogen and oxygen atoms in total. The highest BCUT2D eigenvalue weighted by molar-refractivity contribution is 6.00. The first-order chi connectivity index (χ1) is 19.6. The average molecular weight is 543 g/mol. The van der Waals surface area contributed by atoms with Gasteiger partial charge in [0, 0.05) is 36.5 Å². The van der Waals surface area contributed by atoms with Crippen molar-refractivity contribution in [3.05, 3.63) is 112 Å². The van der Waals surface area contributed by atoms with Crippen LogP contribution in [-0.2, 0) is 28.9 Å². The van der Waals surface area contributed by atoms with E-state index in [1.165, 1.54) is 5.56 Å². The minimum Gasteiger partial charge on any atom is -0.494 e. The summed E-state index contributed by atoms with van der Waals surface area (Å²) >= 11 is 0. The molecular weight excluding hydrogens is 508 g/mol. The van der Waals surface area contributed by atoms with Crippen LogP contribution in [0.5, 0.6) is 5.75 Å². The zero-order chi connectivity index (χ0) is 28.0. The number of benzene rings is 3. The summed E-state index contributed by atoms with van der Waals surface area (Å²) in [5.74, 6) is 0.741. The molecule has 1 aliphatic rings. The molecule has 1 heterocycles. The number of amides is 1. The van der Waals surface area contributed by atoms with Gasteiger partial charge in [0.1, 0.15) is 12.4 Å². The van der Waals surface area contributed by atoms with Gasteiger partial charge >= 0.3 is 0 Å². The molecular formula is C30H34N6O4. The summed E-state index contributed by atoms with van der Waals surface area (Å²) in [5, 5.41) is 12.7. The number of hydrogen-bond acceptors (Lipinski definition) is 7. The van der Waals surface area contributed by atoms with Gasteiger partial charge in [-0.15, -0.1) is 0 Å². The van der Waals surface area contributed by atoms with E-state index in [0.29, 0.717) is 31.2 Å². The monoisotopic (exact) mass is 542 g/mol. The number of nitrogens with one attached hydrogen (secondary N) is 2. The Balaban J connectivity index is 1.49. The van der Waals surface area contributed by atoms with Crippen molar-refractivity contribution in [2.75, 3.05) is 26.4 Å². The molecule has 208 valence electrons. The number of hydrogen-bond donors (Lipinski definition) is 3. The van der Waals surface area contributed by atoms with Gasteiger partial charge < -0.3 is 14.6 Å². The van der Waals surface area contributed by atoms with E-state index in [1.807, 2.05) is 66.7 Å². The first-order valence-electron chi connectivity index (χ1n) is 13.4. The van der Waals surface area contributed by atoms with E-state index in [1.54, 1.807) is 0 Å². The SMILES string of the molecule is [N-]=[N+]=NCc1ccccc1C[C@@]1(C(=O)NNCCCc2ccccc2)COC(c2ccc(OCCCO)cc2)=N1. The van der Waals surface area contributed by atoms with Crippen LogP contribution in [0.4, 0.5) is 0 Å². The molecule has 0 unspecified atom stereocenters. The van der Waals surface area contributed by atoms with E-state index in [4.69, 9.17) is 25.1 Å². The van der Waals surface area contributed by atoms with Crippen molar-refractivity contribution in [3.8, 4) is 5.75 Å². The largest absolute Gasteiger partial charge is 0.494 e. The summed E-state index contributed by atoms with van der Waals surface area (Å²) in [7, 11) is 0. The van der Waals surface area contributed by atoms with Gasteiger partial charge in [0.15, 0.2) is 5.54 Å². The smallest absolute Gasteiger partial charge is 0.266 e. The summed E-state index contributed by atoms with van der Waals surface area (Å²) < 4.78 is 11.6. The number of aliphatic hydroxyl groups excluding tert-OH is 1. The lowest BCUT2D eigenvalue weighted by Crippen LogP contribution is -2.53. The predicted molar refractivity (Wildman–Crippen MR) is 153 cm³/mol. The normalized spacial score (nSPS) is 16.0. The number of aliphatic imine (C=N–C) groups is 1. The molecule has 10 heteroatoms. The second kappa shape index (κ2) is 14.7. The lowest BCUT2D eigenvalue weighted by atomic mass is 9.89. The summed E-state index contributed by atoms with van der Waals surface area (Å²) in [5.41, 5.74) is 17.2. The number of carbonyl (C=O) groups is 1. The molecule has 0 fully saturated rings. The molecule has 0 aliphatic carbocycles. The first-order valence-corrected chi connectivity index (χ1v) is 13.4. The van der Waals surface area contributed by atoms with Gasteiger partial charge in [-0.3, -0.25) is 10.2 Å². The minimum atomic E-state index is -1.22. The van der Waals surface area contributed by atoms with Gasteiger partial charge in [0.25, 0.3) is 5.91 Å². The lowest BCUT2D eigenvalue weighted by molar-refractivity contribution is -0.127. The molecule has 0 saturated heterocycles. The molecule has 40 heavy (non-hydrogen) atoms. The number of ether oxygens (including phenoxy) is 2. The number of nitrogens with zero attached hydrogens (tertiary/aromatic N) is 4. The summed E-state index contributed by atoms with van der Waals surface area (Å²) in [6, 6.07) is 25.0. The summed E-state index contributed by atoms with van der Waals surface area (Å²) in [6.45, 7) is 1.33. The highest BCUT2D eigenvalue weighted by atomic mass is 16.5. The van der Waals surface area contributed by atoms with Crippen molar-refractivity contribution in [3.63, 3.8) is 0 Å². The van der Waals surface area contributed by atoms with Gasteiger partial charge in [0.05, 0.1) is 13.2 Å².